The van der Waals surface area contributed by atoms with Crippen molar-refractivity contribution in [3.05, 3.63) is 52.5 Å². The van der Waals surface area contributed by atoms with Gasteiger partial charge < -0.3 is 19.7 Å². The second-order valence-electron chi connectivity index (χ2n) is 7.03. The number of nitrogens with one attached hydrogen (secondary N) is 1. The Balaban J connectivity index is 1.70. The second-order valence-corrected chi connectivity index (χ2v) is 7.47. The molecule has 2 aromatic carbocycles. The van der Waals surface area contributed by atoms with Crippen LogP contribution in [0, 0.1) is 6.92 Å². The number of halogens is 1. The number of piperidine rings is 1. The number of benzene rings is 2. The molecular formula is C22H25ClN2O4. The molecule has 0 unspecified atom stereocenters. The van der Waals surface area contributed by atoms with Gasteiger partial charge in [0.15, 0.2) is 18.1 Å². The Morgan fingerprint density at radius 3 is 2.55 bits per heavy atom. The van der Waals surface area contributed by atoms with Crippen molar-refractivity contribution in [2.24, 2.45) is 0 Å². The lowest BCUT2D eigenvalue weighted by molar-refractivity contribution is -0.118. The fraction of sp³-hybridized carbons (Fsp3) is 0.364. The number of hydrogen-bond acceptors (Lipinski definition) is 4. The zero-order valence-electron chi connectivity index (χ0n) is 16.7. The minimum Gasteiger partial charge on any atom is -0.493 e. The fourth-order valence-corrected chi connectivity index (χ4v) is 3.47. The third-order valence-electron chi connectivity index (χ3n) is 4.81. The van der Waals surface area contributed by atoms with Gasteiger partial charge in [-0.25, -0.2) is 0 Å². The summed E-state index contributed by atoms with van der Waals surface area (Å²) in [5.74, 6) is 0.547. The van der Waals surface area contributed by atoms with E-state index in [1.807, 2.05) is 24.0 Å². The van der Waals surface area contributed by atoms with Crippen molar-refractivity contribution < 1.29 is 19.1 Å². The number of anilines is 1. The Bertz CT molecular complexity index is 894. The SMILES string of the molecule is COc1cc(C)ccc1OCC(=O)Nc1cc(Cl)ccc1C(=O)N1CCCCC1. The number of nitrogens with zero attached hydrogens (tertiary/aromatic N) is 1. The van der Waals surface area contributed by atoms with Crippen molar-refractivity contribution in [3.8, 4) is 11.5 Å². The summed E-state index contributed by atoms with van der Waals surface area (Å²) in [5.41, 5.74) is 1.84. The summed E-state index contributed by atoms with van der Waals surface area (Å²) < 4.78 is 10.9. The number of methoxy groups -OCH3 is 1. The molecule has 7 heteroatoms. The van der Waals surface area contributed by atoms with Crippen LogP contribution in [-0.4, -0.2) is 43.5 Å². The Labute approximate surface area is 175 Å². The Morgan fingerprint density at radius 1 is 1.07 bits per heavy atom. The van der Waals surface area contributed by atoms with Gasteiger partial charge in [0.25, 0.3) is 11.8 Å². The Morgan fingerprint density at radius 2 is 1.83 bits per heavy atom. The summed E-state index contributed by atoms with van der Waals surface area (Å²) in [7, 11) is 1.55. The van der Waals surface area contributed by atoms with Crippen molar-refractivity contribution in [3.63, 3.8) is 0 Å². The number of ether oxygens (including phenoxy) is 2. The van der Waals surface area contributed by atoms with Crippen LogP contribution in [0.4, 0.5) is 5.69 Å². The van der Waals surface area contributed by atoms with Gasteiger partial charge in [-0.3, -0.25) is 9.59 Å². The molecule has 0 bridgehead atoms. The smallest absolute Gasteiger partial charge is 0.262 e. The van der Waals surface area contributed by atoms with Crippen molar-refractivity contribution in [1.82, 2.24) is 4.90 Å². The molecule has 154 valence electrons. The van der Waals surface area contributed by atoms with Crippen molar-refractivity contribution in [1.29, 1.82) is 0 Å². The third kappa shape index (κ3) is 5.41. The van der Waals surface area contributed by atoms with Crippen LogP contribution in [0.2, 0.25) is 5.02 Å². The fourth-order valence-electron chi connectivity index (χ4n) is 3.30. The van der Waals surface area contributed by atoms with E-state index in [4.69, 9.17) is 21.1 Å². The van der Waals surface area contributed by atoms with Crippen LogP contribution in [0.25, 0.3) is 0 Å². The van der Waals surface area contributed by atoms with Gasteiger partial charge in [0, 0.05) is 18.1 Å². The lowest BCUT2D eigenvalue weighted by Crippen LogP contribution is -2.36. The van der Waals surface area contributed by atoms with Crippen LogP contribution in [0.3, 0.4) is 0 Å². The van der Waals surface area contributed by atoms with Crippen LogP contribution >= 0.6 is 11.6 Å². The summed E-state index contributed by atoms with van der Waals surface area (Å²) >= 11 is 6.09. The number of aryl methyl sites for hydroxylation is 1. The molecule has 1 heterocycles. The summed E-state index contributed by atoms with van der Waals surface area (Å²) in [6, 6.07) is 10.4. The highest BCUT2D eigenvalue weighted by Gasteiger charge is 2.22. The average Bonchev–Trinajstić information content (AvgIpc) is 2.73. The van der Waals surface area contributed by atoms with Crippen LogP contribution < -0.4 is 14.8 Å². The van der Waals surface area contributed by atoms with E-state index in [1.165, 1.54) is 0 Å². The van der Waals surface area contributed by atoms with E-state index in [9.17, 15) is 9.59 Å². The van der Waals surface area contributed by atoms with Crippen LogP contribution in [-0.2, 0) is 4.79 Å². The Hall–Kier alpha value is -2.73. The second kappa shape index (κ2) is 9.65. The van der Waals surface area contributed by atoms with Gasteiger partial charge in [-0.15, -0.1) is 0 Å². The number of carbonyl (C=O) groups is 2. The predicted octanol–water partition coefficient (Wildman–Crippen LogP) is 4.30. The minimum atomic E-state index is -0.386. The standard InChI is InChI=1S/C22H25ClN2O4/c1-15-6-9-19(20(12-15)28-2)29-14-21(26)24-18-13-16(23)7-8-17(18)22(27)25-10-4-3-5-11-25/h6-9,12-13H,3-5,10-11,14H2,1-2H3,(H,24,26). The van der Waals surface area contributed by atoms with E-state index in [2.05, 4.69) is 5.32 Å². The average molecular weight is 417 g/mol. The molecule has 6 nitrogen and oxygen atoms in total. The quantitative estimate of drug-likeness (QED) is 0.762. The monoisotopic (exact) mass is 416 g/mol. The van der Waals surface area contributed by atoms with E-state index in [0.29, 0.717) is 27.8 Å². The highest BCUT2D eigenvalue weighted by molar-refractivity contribution is 6.31. The minimum absolute atomic E-state index is 0.0993. The molecule has 0 radical (unpaired) electrons. The summed E-state index contributed by atoms with van der Waals surface area (Å²) in [4.78, 5) is 27.2. The summed E-state index contributed by atoms with van der Waals surface area (Å²) in [6.45, 7) is 3.18. The van der Waals surface area contributed by atoms with E-state index < -0.39 is 0 Å². The van der Waals surface area contributed by atoms with Gasteiger partial charge in [-0.2, -0.15) is 0 Å². The molecule has 2 amide bonds. The topological polar surface area (TPSA) is 67.9 Å². The van der Waals surface area contributed by atoms with Crippen molar-refractivity contribution in [2.45, 2.75) is 26.2 Å². The molecule has 1 saturated heterocycles. The maximum Gasteiger partial charge on any atom is 0.262 e. The maximum atomic E-state index is 12.9. The highest BCUT2D eigenvalue weighted by Crippen LogP contribution is 2.28. The zero-order chi connectivity index (χ0) is 20.8. The molecule has 3 rings (SSSR count). The lowest BCUT2D eigenvalue weighted by Gasteiger charge is -2.27. The molecule has 0 spiro atoms. The lowest BCUT2D eigenvalue weighted by atomic mass is 10.1. The van der Waals surface area contributed by atoms with Gasteiger partial charge in [0.05, 0.1) is 18.4 Å². The molecule has 1 aliphatic heterocycles. The summed E-state index contributed by atoms with van der Waals surface area (Å²) in [5, 5.41) is 3.20. The number of amides is 2. The molecule has 0 saturated carbocycles. The van der Waals surface area contributed by atoms with Gasteiger partial charge >= 0.3 is 0 Å². The van der Waals surface area contributed by atoms with Crippen molar-refractivity contribution in [2.75, 3.05) is 32.1 Å². The molecule has 1 aliphatic rings. The predicted molar refractivity (Wildman–Crippen MR) is 113 cm³/mol. The first-order chi connectivity index (χ1) is 14.0. The maximum absolute atomic E-state index is 12.9. The van der Waals surface area contributed by atoms with Crippen LogP contribution in [0.15, 0.2) is 36.4 Å². The number of likely N-dealkylation sites (tertiary alicyclic amines) is 1. The molecule has 0 aromatic heterocycles. The number of hydrogen-bond donors (Lipinski definition) is 1. The van der Waals surface area contributed by atoms with Gasteiger partial charge in [0.2, 0.25) is 0 Å². The Kier molecular flexibility index (Phi) is 6.99. The van der Waals surface area contributed by atoms with Crippen molar-refractivity contribution >= 4 is 29.1 Å². The van der Waals surface area contributed by atoms with E-state index in [1.54, 1.807) is 31.4 Å². The van der Waals surface area contributed by atoms with E-state index >= 15 is 0 Å². The van der Waals surface area contributed by atoms with E-state index in [-0.39, 0.29) is 18.4 Å². The van der Waals surface area contributed by atoms with E-state index in [0.717, 1.165) is 37.9 Å². The molecule has 1 N–H and O–H groups in total. The zero-order valence-corrected chi connectivity index (χ0v) is 17.4. The van der Waals surface area contributed by atoms with Gasteiger partial charge in [0.1, 0.15) is 0 Å². The largest absolute Gasteiger partial charge is 0.493 e. The number of carbonyl (C=O) groups excluding carboxylic acids is 2. The molecule has 1 fully saturated rings. The van der Waals surface area contributed by atoms with Crippen LogP contribution in [0.1, 0.15) is 35.2 Å². The van der Waals surface area contributed by atoms with Gasteiger partial charge in [-0.05, 0) is 62.1 Å². The molecule has 0 atom stereocenters. The van der Waals surface area contributed by atoms with Crippen LogP contribution in [0.5, 0.6) is 11.5 Å². The first-order valence-corrected chi connectivity index (χ1v) is 10.0. The molecule has 29 heavy (non-hydrogen) atoms. The van der Waals surface area contributed by atoms with Gasteiger partial charge in [-0.1, -0.05) is 17.7 Å². The third-order valence-corrected chi connectivity index (χ3v) is 5.04. The number of rotatable bonds is 6. The summed E-state index contributed by atoms with van der Waals surface area (Å²) in [6.07, 6.45) is 3.12. The highest BCUT2D eigenvalue weighted by atomic mass is 35.5. The molecule has 2 aromatic rings. The molecule has 0 aliphatic carbocycles. The first-order valence-electron chi connectivity index (χ1n) is 9.64. The molecular weight excluding hydrogens is 392 g/mol. The normalized spacial score (nSPS) is 13.7. The first kappa shape index (κ1) is 21.0.